The van der Waals surface area contributed by atoms with Crippen LogP contribution < -0.4 is 25.8 Å². The maximum absolute atomic E-state index is 12.4. The Kier molecular flexibility index (Phi) is 8.21. The van der Waals surface area contributed by atoms with E-state index in [-0.39, 0.29) is 36.6 Å². The van der Waals surface area contributed by atoms with Gasteiger partial charge in [0.25, 0.3) is 5.69 Å². The molecule has 1 heterocycles. The number of hydrogen-bond acceptors (Lipinski definition) is 8. The molecule has 0 fully saturated rings. The standard InChI is InChI=1S/C20H28N4O8/c1-20(2,3)32-19(27)22-7-5-4-6-13(18(21)26)23-17(25)9-12-8-15-16(31-11-30-15)10-14(12)24(28)29/h8,10,13H,4-7,9,11H2,1-3H3,(H2,21,26)(H,22,27)(H,23,25)/t13-/m0/s1. The van der Waals surface area contributed by atoms with Crippen molar-refractivity contribution in [3.8, 4) is 11.5 Å². The zero-order valence-corrected chi connectivity index (χ0v) is 18.3. The number of nitro groups is 1. The van der Waals surface area contributed by atoms with E-state index >= 15 is 0 Å². The van der Waals surface area contributed by atoms with Crippen molar-refractivity contribution >= 4 is 23.6 Å². The fourth-order valence-electron chi connectivity index (χ4n) is 2.97. The van der Waals surface area contributed by atoms with Gasteiger partial charge in [0.15, 0.2) is 11.5 Å². The maximum Gasteiger partial charge on any atom is 0.407 e. The van der Waals surface area contributed by atoms with Crippen molar-refractivity contribution in [2.24, 2.45) is 5.73 Å². The molecular formula is C20H28N4O8. The summed E-state index contributed by atoms with van der Waals surface area (Å²) in [5.41, 5.74) is 4.62. The highest BCUT2D eigenvalue weighted by Gasteiger charge is 2.26. The predicted molar refractivity (Wildman–Crippen MR) is 112 cm³/mol. The van der Waals surface area contributed by atoms with E-state index < -0.39 is 34.5 Å². The summed E-state index contributed by atoms with van der Waals surface area (Å²) in [5.74, 6) is -0.778. The number of fused-ring (bicyclic) bond motifs is 1. The van der Waals surface area contributed by atoms with E-state index in [0.717, 1.165) is 0 Å². The number of primary amides is 1. The first kappa shape index (κ1) is 24.7. The first-order chi connectivity index (χ1) is 15.0. The van der Waals surface area contributed by atoms with Gasteiger partial charge in [0.05, 0.1) is 17.4 Å². The van der Waals surface area contributed by atoms with Gasteiger partial charge in [-0.1, -0.05) is 0 Å². The molecule has 1 aromatic carbocycles. The molecule has 4 N–H and O–H groups in total. The van der Waals surface area contributed by atoms with Crippen LogP contribution in [0.4, 0.5) is 10.5 Å². The molecule has 12 heteroatoms. The second kappa shape index (κ2) is 10.6. The lowest BCUT2D eigenvalue weighted by molar-refractivity contribution is -0.385. The van der Waals surface area contributed by atoms with Gasteiger partial charge in [0.2, 0.25) is 18.6 Å². The Morgan fingerprint density at radius 2 is 1.88 bits per heavy atom. The predicted octanol–water partition coefficient (Wildman–Crippen LogP) is 1.53. The Morgan fingerprint density at radius 3 is 2.47 bits per heavy atom. The molecule has 1 aliphatic heterocycles. The maximum atomic E-state index is 12.4. The zero-order chi connectivity index (χ0) is 23.9. The summed E-state index contributed by atoms with van der Waals surface area (Å²) in [7, 11) is 0. The zero-order valence-electron chi connectivity index (χ0n) is 18.3. The van der Waals surface area contributed by atoms with E-state index in [4.69, 9.17) is 19.9 Å². The van der Waals surface area contributed by atoms with Crippen LogP contribution >= 0.6 is 0 Å². The molecule has 0 aromatic heterocycles. The topological polar surface area (TPSA) is 172 Å². The molecule has 12 nitrogen and oxygen atoms in total. The number of nitrogens with one attached hydrogen (secondary N) is 2. The number of hydrogen-bond donors (Lipinski definition) is 3. The van der Waals surface area contributed by atoms with Gasteiger partial charge >= 0.3 is 6.09 Å². The van der Waals surface area contributed by atoms with E-state index in [1.807, 2.05) is 0 Å². The Bertz CT molecular complexity index is 881. The van der Waals surface area contributed by atoms with Gasteiger partial charge in [-0.2, -0.15) is 0 Å². The molecule has 176 valence electrons. The third-order valence-corrected chi connectivity index (χ3v) is 4.39. The summed E-state index contributed by atoms with van der Waals surface area (Å²) >= 11 is 0. The van der Waals surface area contributed by atoms with E-state index in [2.05, 4.69) is 10.6 Å². The second-order valence-electron chi connectivity index (χ2n) is 8.21. The number of ether oxygens (including phenoxy) is 3. The van der Waals surface area contributed by atoms with Crippen molar-refractivity contribution in [1.29, 1.82) is 0 Å². The van der Waals surface area contributed by atoms with Gasteiger partial charge in [0.1, 0.15) is 11.6 Å². The molecule has 0 saturated carbocycles. The molecule has 32 heavy (non-hydrogen) atoms. The van der Waals surface area contributed by atoms with Crippen LogP contribution in [-0.4, -0.2) is 47.8 Å². The number of carbonyl (C=O) groups excluding carboxylic acids is 3. The smallest absolute Gasteiger partial charge is 0.407 e. The normalized spacial score (nSPS) is 13.2. The van der Waals surface area contributed by atoms with E-state index in [0.29, 0.717) is 25.1 Å². The van der Waals surface area contributed by atoms with Crippen LogP contribution in [0.3, 0.4) is 0 Å². The average Bonchev–Trinajstić information content (AvgIpc) is 3.11. The molecule has 2 rings (SSSR count). The van der Waals surface area contributed by atoms with E-state index in [1.165, 1.54) is 12.1 Å². The molecule has 1 atom stereocenters. The number of nitrogens with zero attached hydrogens (tertiary/aromatic N) is 1. The molecule has 0 unspecified atom stereocenters. The summed E-state index contributed by atoms with van der Waals surface area (Å²) in [5, 5.41) is 16.4. The molecular weight excluding hydrogens is 424 g/mol. The van der Waals surface area contributed by atoms with Gasteiger partial charge in [-0.25, -0.2) is 4.79 Å². The second-order valence-corrected chi connectivity index (χ2v) is 8.21. The first-order valence-corrected chi connectivity index (χ1v) is 10.1. The Hall–Kier alpha value is -3.57. The van der Waals surface area contributed by atoms with Crippen LogP contribution in [0.15, 0.2) is 12.1 Å². The number of amides is 3. The van der Waals surface area contributed by atoms with Gasteiger partial charge in [0, 0.05) is 12.1 Å². The molecule has 0 aliphatic carbocycles. The van der Waals surface area contributed by atoms with Gasteiger partial charge < -0.3 is 30.6 Å². The van der Waals surface area contributed by atoms with Crippen LogP contribution in [0.2, 0.25) is 0 Å². The summed E-state index contributed by atoms with van der Waals surface area (Å²) in [4.78, 5) is 46.5. The highest BCUT2D eigenvalue weighted by atomic mass is 16.7. The highest BCUT2D eigenvalue weighted by molar-refractivity contribution is 5.88. The lowest BCUT2D eigenvalue weighted by Gasteiger charge is -2.19. The van der Waals surface area contributed by atoms with E-state index in [9.17, 15) is 24.5 Å². The minimum atomic E-state index is -0.947. The number of carbonyl (C=O) groups is 3. The first-order valence-electron chi connectivity index (χ1n) is 10.1. The van der Waals surface area contributed by atoms with Gasteiger partial charge in [-0.05, 0) is 46.1 Å². The molecule has 1 aliphatic rings. The number of rotatable bonds is 10. The van der Waals surface area contributed by atoms with Crippen LogP contribution in [-0.2, 0) is 20.7 Å². The largest absolute Gasteiger partial charge is 0.454 e. The lowest BCUT2D eigenvalue weighted by atomic mass is 10.1. The number of unbranched alkanes of at least 4 members (excludes halogenated alkanes) is 1. The number of nitrogens with two attached hydrogens (primary N) is 1. The van der Waals surface area contributed by atoms with Crippen LogP contribution in [0.1, 0.15) is 45.6 Å². The molecule has 3 amide bonds. The fraction of sp³-hybridized carbons (Fsp3) is 0.550. The summed E-state index contributed by atoms with van der Waals surface area (Å²) in [6.45, 7) is 5.53. The monoisotopic (exact) mass is 452 g/mol. The van der Waals surface area contributed by atoms with Gasteiger partial charge in [-0.3, -0.25) is 19.7 Å². The quantitative estimate of drug-likeness (QED) is 0.272. The van der Waals surface area contributed by atoms with Crippen molar-refractivity contribution in [1.82, 2.24) is 10.6 Å². The highest BCUT2D eigenvalue weighted by Crippen LogP contribution is 2.38. The molecule has 0 spiro atoms. The number of alkyl carbamates (subject to hydrolysis) is 1. The number of nitro benzene ring substituents is 1. The third kappa shape index (κ3) is 7.60. The summed E-state index contributed by atoms with van der Waals surface area (Å²) in [6.07, 6.45) is 0.403. The van der Waals surface area contributed by atoms with Crippen molar-refractivity contribution in [2.45, 2.75) is 58.1 Å². The Balaban J connectivity index is 1.85. The fourth-order valence-corrected chi connectivity index (χ4v) is 2.97. The minimum Gasteiger partial charge on any atom is -0.454 e. The summed E-state index contributed by atoms with van der Waals surface area (Å²) < 4.78 is 15.5. The molecule has 0 radical (unpaired) electrons. The summed E-state index contributed by atoms with van der Waals surface area (Å²) in [6, 6.07) is 1.63. The number of benzene rings is 1. The van der Waals surface area contributed by atoms with Crippen molar-refractivity contribution in [3.05, 3.63) is 27.8 Å². The SMILES string of the molecule is CC(C)(C)OC(=O)NCCCC[C@H](NC(=O)Cc1cc2c(cc1[N+](=O)[O-])OCO2)C(N)=O. The van der Waals surface area contributed by atoms with Crippen LogP contribution in [0.25, 0.3) is 0 Å². The Labute approximate surface area is 184 Å². The third-order valence-electron chi connectivity index (χ3n) is 4.39. The molecule has 0 saturated heterocycles. The Morgan fingerprint density at radius 1 is 1.22 bits per heavy atom. The van der Waals surface area contributed by atoms with Crippen molar-refractivity contribution < 1.29 is 33.5 Å². The van der Waals surface area contributed by atoms with Crippen molar-refractivity contribution in [2.75, 3.05) is 13.3 Å². The average molecular weight is 452 g/mol. The van der Waals surface area contributed by atoms with E-state index in [1.54, 1.807) is 20.8 Å². The minimum absolute atomic E-state index is 0.0608. The van der Waals surface area contributed by atoms with Crippen molar-refractivity contribution in [3.63, 3.8) is 0 Å². The molecule has 1 aromatic rings. The van der Waals surface area contributed by atoms with Crippen LogP contribution in [0, 0.1) is 10.1 Å². The van der Waals surface area contributed by atoms with Crippen LogP contribution in [0.5, 0.6) is 11.5 Å². The van der Waals surface area contributed by atoms with Gasteiger partial charge in [-0.15, -0.1) is 0 Å². The lowest BCUT2D eigenvalue weighted by Crippen LogP contribution is -2.45. The molecule has 0 bridgehead atoms.